The van der Waals surface area contributed by atoms with E-state index >= 15 is 0 Å². The number of hydrogen-bond acceptors (Lipinski definition) is 5. The van der Waals surface area contributed by atoms with Gasteiger partial charge in [-0.3, -0.25) is 9.78 Å². The Morgan fingerprint density at radius 2 is 1.79 bits per heavy atom. The highest BCUT2D eigenvalue weighted by molar-refractivity contribution is 7.45. The van der Waals surface area contributed by atoms with Gasteiger partial charge in [-0.1, -0.05) is 0 Å². The first-order valence-corrected chi connectivity index (χ1v) is 6.44. The molecule has 2 rings (SSSR count). The van der Waals surface area contributed by atoms with Crippen LogP contribution in [0.5, 0.6) is 0 Å². The third-order valence-electron chi connectivity index (χ3n) is 1.94. The van der Waals surface area contributed by atoms with E-state index in [4.69, 9.17) is 23.7 Å². The normalized spacial score (nSPS) is 11.0. The van der Waals surface area contributed by atoms with Crippen LogP contribution in [0.25, 0.3) is 11.5 Å². The van der Waals surface area contributed by atoms with E-state index in [0.717, 1.165) is 5.56 Å². The minimum absolute atomic E-state index is 0.0938. The highest BCUT2D eigenvalue weighted by Crippen LogP contribution is 2.25. The summed E-state index contributed by atoms with van der Waals surface area (Å²) in [5.41, 5.74) is -0.0646. The third kappa shape index (κ3) is 4.76. The molecule has 2 aliphatic heterocycles. The predicted octanol–water partition coefficient (Wildman–Crippen LogP) is -0.484. The molecule has 0 unspecified atom stereocenters. The zero-order valence-corrected chi connectivity index (χ0v) is 10.8. The Bertz CT molecular complexity index is 705. The number of fused-ring (bicyclic) bond motifs is 1. The molecule has 0 radical (unpaired) electrons. The summed E-state index contributed by atoms with van der Waals surface area (Å²) >= 11 is 0. The maximum absolute atomic E-state index is 11.4. The quantitative estimate of drug-likeness (QED) is 0.474. The van der Waals surface area contributed by atoms with Crippen molar-refractivity contribution in [3.8, 4) is 11.5 Å². The Kier molecular flexibility index (Phi) is 4.38. The van der Waals surface area contributed by atoms with Gasteiger partial charge in [-0.25, -0.2) is 9.36 Å². The Morgan fingerprint density at radius 3 is 2.32 bits per heavy atom. The molecule has 0 bridgehead atoms. The van der Waals surface area contributed by atoms with Crippen molar-refractivity contribution < 1.29 is 23.7 Å². The number of nitrogens with zero attached hydrogens (tertiary/aromatic N) is 1. The molecule has 0 saturated carbocycles. The summed E-state index contributed by atoms with van der Waals surface area (Å²) in [5.74, 6) is 0.712. The molecule has 10 heteroatoms. The lowest BCUT2D eigenvalue weighted by Gasteiger charge is -2.05. The van der Waals surface area contributed by atoms with E-state index in [1.165, 1.54) is 0 Å². The van der Waals surface area contributed by atoms with E-state index < -0.39 is 19.1 Å². The van der Waals surface area contributed by atoms with Gasteiger partial charge in [-0.2, -0.15) is 4.98 Å². The van der Waals surface area contributed by atoms with E-state index in [9.17, 15) is 9.59 Å². The molecule has 0 aliphatic carbocycles. The first-order chi connectivity index (χ1) is 8.58. The number of H-pyrrole nitrogens is 1. The van der Waals surface area contributed by atoms with E-state index in [-0.39, 0.29) is 5.89 Å². The van der Waals surface area contributed by atoms with E-state index in [0.29, 0.717) is 11.3 Å². The number of aromatic amines is 1. The number of hydrogen-bond donors (Lipinski definition) is 4. The first kappa shape index (κ1) is 15.3. The van der Waals surface area contributed by atoms with Crippen LogP contribution in [-0.4, -0.2) is 24.6 Å². The van der Waals surface area contributed by atoms with Crippen LogP contribution in [0.4, 0.5) is 0 Å². The van der Waals surface area contributed by atoms with Crippen molar-refractivity contribution >= 4 is 7.82 Å². The van der Waals surface area contributed by atoms with E-state index in [1.54, 1.807) is 19.9 Å². The van der Waals surface area contributed by atoms with Crippen LogP contribution in [0.3, 0.4) is 0 Å². The van der Waals surface area contributed by atoms with Crippen molar-refractivity contribution in [2.45, 2.75) is 13.8 Å². The second-order valence-electron chi connectivity index (χ2n) is 3.60. The molecule has 2 heterocycles. The Balaban J connectivity index is 0.000000312. The molecule has 0 aromatic rings. The standard InChI is InChI=1S/C9H8N2O3.H3O4P/c1-4-3-5(2)14-8-6(4)7(12)10-9(13)11-8;1-5(2,3)4/h3H,1-2H3,(H,10,12,13);(H3,1,2,3,4). The molecule has 0 amide bonds. The van der Waals surface area contributed by atoms with Gasteiger partial charge < -0.3 is 19.1 Å². The fourth-order valence-electron chi connectivity index (χ4n) is 1.41. The highest BCUT2D eigenvalue weighted by atomic mass is 31.2. The SMILES string of the molecule is Cc1cc(C)c2c(=O)[nH]c(=O)nc-2o1.O=P(O)(O)O. The summed E-state index contributed by atoms with van der Waals surface area (Å²) in [6.07, 6.45) is 0. The van der Waals surface area contributed by atoms with Gasteiger partial charge in [0.25, 0.3) is 5.56 Å². The summed E-state index contributed by atoms with van der Waals surface area (Å²) in [6.45, 7) is 3.51. The second kappa shape index (κ2) is 5.45. The molecule has 0 fully saturated rings. The van der Waals surface area contributed by atoms with Gasteiger partial charge in [0.1, 0.15) is 11.3 Å². The Morgan fingerprint density at radius 1 is 1.26 bits per heavy atom. The van der Waals surface area contributed by atoms with Crippen molar-refractivity contribution in [2.24, 2.45) is 0 Å². The van der Waals surface area contributed by atoms with Crippen LogP contribution in [0.2, 0.25) is 0 Å². The van der Waals surface area contributed by atoms with Gasteiger partial charge in [-0.15, -0.1) is 0 Å². The molecule has 4 N–H and O–H groups in total. The fourth-order valence-corrected chi connectivity index (χ4v) is 1.41. The lowest BCUT2D eigenvalue weighted by atomic mass is 10.1. The molecule has 0 aromatic carbocycles. The van der Waals surface area contributed by atoms with Crippen molar-refractivity contribution in [3.63, 3.8) is 0 Å². The molecular weight excluding hydrogens is 279 g/mol. The minimum Gasteiger partial charge on any atom is -0.443 e. The average molecular weight is 290 g/mol. The Hall–Kier alpha value is -1.80. The van der Waals surface area contributed by atoms with Crippen LogP contribution in [0.15, 0.2) is 20.1 Å². The number of phosphoric acid groups is 1. The van der Waals surface area contributed by atoms with E-state index in [1.807, 2.05) is 0 Å². The number of rotatable bonds is 0. The van der Waals surface area contributed by atoms with Gasteiger partial charge >= 0.3 is 13.5 Å². The number of nitrogens with one attached hydrogen (secondary N) is 1. The molecule has 104 valence electrons. The minimum atomic E-state index is -4.64. The summed E-state index contributed by atoms with van der Waals surface area (Å²) in [5, 5.41) is 0. The Labute approximate surface area is 106 Å². The van der Waals surface area contributed by atoms with Crippen LogP contribution in [0, 0.1) is 13.8 Å². The topological polar surface area (TPSA) is 154 Å². The van der Waals surface area contributed by atoms with Crippen LogP contribution in [-0.2, 0) is 4.57 Å². The van der Waals surface area contributed by atoms with Crippen molar-refractivity contribution in [3.05, 3.63) is 38.2 Å². The number of aryl methyl sites for hydroxylation is 2. The van der Waals surface area contributed by atoms with Crippen molar-refractivity contribution in [1.29, 1.82) is 0 Å². The van der Waals surface area contributed by atoms with Gasteiger partial charge in [0.15, 0.2) is 0 Å². The van der Waals surface area contributed by atoms with Gasteiger partial charge in [0.05, 0.1) is 0 Å². The lowest BCUT2D eigenvalue weighted by molar-refractivity contribution is 0.275. The zero-order valence-electron chi connectivity index (χ0n) is 9.95. The molecule has 9 nitrogen and oxygen atoms in total. The molecular formula is C9H11N2O7P. The molecule has 0 atom stereocenters. The summed E-state index contributed by atoms with van der Waals surface area (Å²) in [4.78, 5) is 49.5. The summed E-state index contributed by atoms with van der Waals surface area (Å²) in [6, 6.07) is 1.73. The molecule has 2 aliphatic rings. The smallest absolute Gasteiger partial charge is 0.443 e. The zero-order chi connectivity index (χ0) is 14.8. The van der Waals surface area contributed by atoms with Gasteiger partial charge in [0, 0.05) is 0 Å². The van der Waals surface area contributed by atoms with Crippen molar-refractivity contribution in [2.75, 3.05) is 0 Å². The summed E-state index contributed by atoms with van der Waals surface area (Å²) < 4.78 is 14.1. The largest absolute Gasteiger partial charge is 0.466 e. The second-order valence-corrected chi connectivity index (χ2v) is 4.63. The third-order valence-corrected chi connectivity index (χ3v) is 1.94. The molecule has 0 aromatic heterocycles. The van der Waals surface area contributed by atoms with Crippen LogP contribution >= 0.6 is 7.82 Å². The predicted molar refractivity (Wildman–Crippen MR) is 63.8 cm³/mol. The average Bonchev–Trinajstić information content (AvgIpc) is 2.10. The first-order valence-electron chi connectivity index (χ1n) is 4.87. The van der Waals surface area contributed by atoms with E-state index in [2.05, 4.69) is 9.97 Å². The fraction of sp³-hybridized carbons (Fsp3) is 0.222. The van der Waals surface area contributed by atoms with Crippen LogP contribution in [0.1, 0.15) is 11.3 Å². The van der Waals surface area contributed by atoms with Gasteiger partial charge in [-0.05, 0) is 25.5 Å². The van der Waals surface area contributed by atoms with Crippen LogP contribution < -0.4 is 11.2 Å². The van der Waals surface area contributed by atoms with Crippen molar-refractivity contribution in [1.82, 2.24) is 9.97 Å². The summed E-state index contributed by atoms with van der Waals surface area (Å²) in [7, 11) is -4.64. The molecule has 19 heavy (non-hydrogen) atoms. The van der Waals surface area contributed by atoms with Gasteiger partial charge in [0.2, 0.25) is 5.89 Å². The molecule has 0 saturated heterocycles. The monoisotopic (exact) mass is 290 g/mol. The molecule has 0 spiro atoms. The maximum Gasteiger partial charge on any atom is 0.466 e. The highest BCUT2D eigenvalue weighted by Gasteiger charge is 2.15. The maximum atomic E-state index is 11.4. The number of aromatic nitrogens is 2. The lowest BCUT2D eigenvalue weighted by Crippen LogP contribution is -2.25.